The van der Waals surface area contributed by atoms with Crippen LogP contribution in [0.1, 0.15) is 54.3 Å². The number of nitrogens with one attached hydrogen (secondary N) is 1. The van der Waals surface area contributed by atoms with Crippen LogP contribution >= 0.6 is 0 Å². The van der Waals surface area contributed by atoms with Crippen molar-refractivity contribution in [1.82, 2.24) is 25.1 Å². The van der Waals surface area contributed by atoms with Gasteiger partial charge in [-0.1, -0.05) is 0 Å². The van der Waals surface area contributed by atoms with Crippen molar-refractivity contribution >= 4 is 22.8 Å². The molecule has 7 heteroatoms. The molecule has 1 saturated heterocycles. The highest BCUT2D eigenvalue weighted by molar-refractivity contribution is 5.98. The minimum Gasteiger partial charge on any atom is -0.357 e. The van der Waals surface area contributed by atoms with Crippen LogP contribution in [0.5, 0.6) is 0 Å². The normalized spacial score (nSPS) is 14.2. The third-order valence-corrected chi connectivity index (χ3v) is 5.19. The van der Waals surface area contributed by atoms with Gasteiger partial charge in [-0.2, -0.15) is 5.10 Å². The Bertz CT molecular complexity index is 1000. The Morgan fingerprint density at radius 2 is 2.04 bits per heavy atom. The summed E-state index contributed by atoms with van der Waals surface area (Å²) in [5.41, 5.74) is 3.16. The number of nitrogens with zero attached hydrogens (tertiary/aromatic N) is 5. The molecule has 4 rings (SSSR count). The van der Waals surface area contributed by atoms with Crippen LogP contribution < -0.4 is 10.2 Å². The van der Waals surface area contributed by atoms with E-state index in [-0.39, 0.29) is 11.9 Å². The standard InChI is InChI=1S/C21H26N6O/c1-14(2)27-20-17(13-24-27)11-18(15(3)25-20)21(28)23-12-16-6-7-22-19(10-16)26-8-4-5-9-26/h6-7,10-11,13-14H,4-5,8-9,12H2,1-3H3,(H,23,28). The van der Waals surface area contributed by atoms with Gasteiger partial charge in [-0.25, -0.2) is 14.6 Å². The van der Waals surface area contributed by atoms with E-state index < -0.39 is 0 Å². The van der Waals surface area contributed by atoms with Gasteiger partial charge in [-0.15, -0.1) is 0 Å². The minimum absolute atomic E-state index is 0.122. The van der Waals surface area contributed by atoms with Gasteiger partial charge < -0.3 is 10.2 Å². The number of pyridine rings is 2. The first kappa shape index (κ1) is 18.4. The van der Waals surface area contributed by atoms with Crippen LogP contribution in [0.3, 0.4) is 0 Å². The van der Waals surface area contributed by atoms with E-state index in [0.29, 0.717) is 17.8 Å². The average molecular weight is 378 g/mol. The first-order valence-electron chi connectivity index (χ1n) is 9.86. The van der Waals surface area contributed by atoms with Crippen molar-refractivity contribution in [3.63, 3.8) is 0 Å². The number of carbonyl (C=O) groups is 1. The van der Waals surface area contributed by atoms with Gasteiger partial charge in [0, 0.05) is 37.3 Å². The molecule has 1 aliphatic heterocycles. The summed E-state index contributed by atoms with van der Waals surface area (Å²) in [4.78, 5) is 24.1. The second-order valence-electron chi connectivity index (χ2n) is 7.62. The lowest BCUT2D eigenvalue weighted by molar-refractivity contribution is 0.0950. The van der Waals surface area contributed by atoms with Gasteiger partial charge in [0.05, 0.1) is 17.5 Å². The molecule has 1 fully saturated rings. The van der Waals surface area contributed by atoms with Gasteiger partial charge in [0.2, 0.25) is 0 Å². The maximum atomic E-state index is 12.8. The summed E-state index contributed by atoms with van der Waals surface area (Å²) in [6, 6.07) is 6.11. The molecular formula is C21H26N6O. The molecule has 3 aromatic heterocycles. The quantitative estimate of drug-likeness (QED) is 0.738. The Morgan fingerprint density at radius 1 is 1.25 bits per heavy atom. The third kappa shape index (κ3) is 3.56. The Hall–Kier alpha value is -2.96. The maximum absolute atomic E-state index is 12.8. The van der Waals surface area contributed by atoms with E-state index >= 15 is 0 Å². The number of aryl methyl sites for hydroxylation is 1. The second-order valence-corrected chi connectivity index (χ2v) is 7.62. The Balaban J connectivity index is 1.49. The monoisotopic (exact) mass is 378 g/mol. The molecule has 1 N–H and O–H groups in total. The van der Waals surface area contributed by atoms with Crippen LogP contribution in [0.25, 0.3) is 11.0 Å². The largest absolute Gasteiger partial charge is 0.357 e. The summed E-state index contributed by atoms with van der Waals surface area (Å²) in [5, 5.41) is 8.28. The minimum atomic E-state index is -0.122. The molecule has 1 amide bonds. The number of aromatic nitrogens is 4. The molecule has 4 heterocycles. The molecule has 0 saturated carbocycles. The number of rotatable bonds is 5. The summed E-state index contributed by atoms with van der Waals surface area (Å²) in [5.74, 6) is 0.869. The average Bonchev–Trinajstić information content (AvgIpc) is 3.35. The topological polar surface area (TPSA) is 75.9 Å². The third-order valence-electron chi connectivity index (χ3n) is 5.19. The van der Waals surface area contributed by atoms with Gasteiger partial charge in [0.15, 0.2) is 5.65 Å². The van der Waals surface area contributed by atoms with Crippen molar-refractivity contribution in [3.05, 3.63) is 47.4 Å². The predicted molar refractivity (Wildman–Crippen MR) is 110 cm³/mol. The molecule has 0 atom stereocenters. The number of hydrogen-bond acceptors (Lipinski definition) is 5. The fourth-order valence-corrected chi connectivity index (χ4v) is 3.64. The lowest BCUT2D eigenvalue weighted by Gasteiger charge is -2.17. The number of amides is 1. The maximum Gasteiger partial charge on any atom is 0.253 e. The van der Waals surface area contributed by atoms with E-state index in [2.05, 4.69) is 45.2 Å². The Labute approximate surface area is 164 Å². The van der Waals surface area contributed by atoms with Gasteiger partial charge >= 0.3 is 0 Å². The summed E-state index contributed by atoms with van der Waals surface area (Å²) in [6.45, 7) is 8.56. The molecule has 0 aromatic carbocycles. The Kier molecular flexibility index (Phi) is 4.98. The molecular weight excluding hydrogens is 352 g/mol. The predicted octanol–water partition coefficient (Wildman–Crippen LogP) is 3.25. The van der Waals surface area contributed by atoms with E-state index in [4.69, 9.17) is 0 Å². The zero-order chi connectivity index (χ0) is 19.7. The smallest absolute Gasteiger partial charge is 0.253 e. The number of carbonyl (C=O) groups excluding carboxylic acids is 1. The van der Waals surface area contributed by atoms with E-state index in [1.54, 1.807) is 6.20 Å². The van der Waals surface area contributed by atoms with Crippen LogP contribution in [0.15, 0.2) is 30.6 Å². The van der Waals surface area contributed by atoms with Crippen LogP contribution in [0, 0.1) is 6.92 Å². The van der Waals surface area contributed by atoms with Gasteiger partial charge in [0.1, 0.15) is 5.82 Å². The zero-order valence-corrected chi connectivity index (χ0v) is 16.6. The molecule has 0 bridgehead atoms. The van der Waals surface area contributed by atoms with Crippen molar-refractivity contribution in [3.8, 4) is 0 Å². The molecule has 0 unspecified atom stereocenters. The Morgan fingerprint density at radius 3 is 2.79 bits per heavy atom. The highest BCUT2D eigenvalue weighted by Gasteiger charge is 2.16. The highest BCUT2D eigenvalue weighted by atomic mass is 16.1. The number of anilines is 1. The van der Waals surface area contributed by atoms with Crippen LogP contribution in [-0.2, 0) is 6.54 Å². The van der Waals surface area contributed by atoms with Crippen molar-refractivity contribution < 1.29 is 4.79 Å². The summed E-state index contributed by atoms with van der Waals surface area (Å²) >= 11 is 0. The molecule has 0 radical (unpaired) electrons. The van der Waals surface area contributed by atoms with Crippen LogP contribution in [0.4, 0.5) is 5.82 Å². The van der Waals surface area contributed by atoms with Gasteiger partial charge in [-0.3, -0.25) is 4.79 Å². The zero-order valence-electron chi connectivity index (χ0n) is 16.6. The highest BCUT2D eigenvalue weighted by Crippen LogP contribution is 2.20. The van der Waals surface area contributed by atoms with E-state index in [0.717, 1.165) is 35.5 Å². The van der Waals surface area contributed by atoms with E-state index in [1.165, 1.54) is 12.8 Å². The summed E-state index contributed by atoms with van der Waals surface area (Å²) in [6.07, 6.45) is 6.01. The van der Waals surface area contributed by atoms with Crippen molar-refractivity contribution in [2.45, 2.75) is 46.2 Å². The molecule has 28 heavy (non-hydrogen) atoms. The van der Waals surface area contributed by atoms with Crippen LogP contribution in [0.2, 0.25) is 0 Å². The van der Waals surface area contributed by atoms with Crippen molar-refractivity contribution in [1.29, 1.82) is 0 Å². The van der Waals surface area contributed by atoms with E-state index in [1.807, 2.05) is 29.9 Å². The molecule has 1 aliphatic rings. The lowest BCUT2D eigenvalue weighted by atomic mass is 10.1. The van der Waals surface area contributed by atoms with Gasteiger partial charge in [-0.05, 0) is 57.4 Å². The second kappa shape index (κ2) is 7.58. The van der Waals surface area contributed by atoms with Crippen LogP contribution in [-0.4, -0.2) is 38.7 Å². The van der Waals surface area contributed by atoms with E-state index in [9.17, 15) is 4.79 Å². The fraction of sp³-hybridized carbons (Fsp3) is 0.429. The summed E-state index contributed by atoms with van der Waals surface area (Å²) in [7, 11) is 0. The molecule has 0 spiro atoms. The molecule has 7 nitrogen and oxygen atoms in total. The van der Waals surface area contributed by atoms with Crippen molar-refractivity contribution in [2.24, 2.45) is 0 Å². The van der Waals surface area contributed by atoms with Crippen molar-refractivity contribution in [2.75, 3.05) is 18.0 Å². The number of hydrogen-bond donors (Lipinski definition) is 1. The first-order chi connectivity index (χ1) is 13.5. The number of fused-ring (bicyclic) bond motifs is 1. The lowest BCUT2D eigenvalue weighted by Crippen LogP contribution is -2.24. The molecule has 146 valence electrons. The first-order valence-corrected chi connectivity index (χ1v) is 9.86. The fourth-order valence-electron chi connectivity index (χ4n) is 3.64. The van der Waals surface area contributed by atoms with Gasteiger partial charge in [0.25, 0.3) is 5.91 Å². The SMILES string of the molecule is Cc1nc2c(cnn2C(C)C)cc1C(=O)NCc1ccnc(N2CCCC2)c1. The molecule has 3 aromatic rings. The summed E-state index contributed by atoms with van der Waals surface area (Å²) < 4.78 is 1.88. The molecule has 0 aliphatic carbocycles.